The molecule has 26 heavy (non-hydrogen) atoms. The number of allylic oxidation sites excluding steroid dienone is 1. The van der Waals surface area contributed by atoms with E-state index in [-0.39, 0.29) is 29.8 Å². The first-order valence-electron chi connectivity index (χ1n) is 8.67. The Balaban J connectivity index is 1.47. The first-order valence-corrected chi connectivity index (χ1v) is 9.05. The molecule has 0 bridgehead atoms. The summed E-state index contributed by atoms with van der Waals surface area (Å²) in [4.78, 5) is 21.0. The van der Waals surface area contributed by atoms with E-state index < -0.39 is 0 Å². The number of hydrogen-bond donors (Lipinski definition) is 1. The number of carbonyl (C=O) groups excluding carboxylic acids is 1. The normalized spacial score (nSPS) is 21.6. The van der Waals surface area contributed by atoms with Crippen LogP contribution in [0.15, 0.2) is 16.8 Å². The molecule has 0 radical (unpaired) electrons. The number of nitrogens with zero attached hydrogens (tertiary/aromatic N) is 3. The summed E-state index contributed by atoms with van der Waals surface area (Å²) in [6, 6.07) is 0.0969. The van der Waals surface area contributed by atoms with Crippen molar-refractivity contribution in [1.29, 1.82) is 0 Å². The van der Waals surface area contributed by atoms with Gasteiger partial charge in [0.1, 0.15) is 0 Å². The van der Waals surface area contributed by atoms with E-state index in [0.717, 1.165) is 43.4 Å². The highest BCUT2D eigenvalue weighted by Gasteiger charge is 2.25. The number of hydrogen-bond acceptors (Lipinski definition) is 6. The van der Waals surface area contributed by atoms with Gasteiger partial charge in [-0.2, -0.15) is 4.98 Å². The molecule has 2 aromatic heterocycles. The maximum absolute atomic E-state index is 12.4. The van der Waals surface area contributed by atoms with E-state index in [4.69, 9.17) is 20.9 Å². The standard InChI is InChI=1S/C18H19ClN4O3/c1-25-11-7-5-10(6-8-11)21-17(24)18-22-16(23-26-18)13-9-20-14-4-2-3-12(14)15(13)19/h2-3,9-11H,4-8H2,1H3,(H,21,24). The molecule has 1 N–H and O–H groups in total. The van der Waals surface area contributed by atoms with E-state index in [1.807, 2.05) is 12.2 Å². The number of amides is 1. The van der Waals surface area contributed by atoms with Crippen LogP contribution in [0.1, 0.15) is 47.6 Å². The maximum atomic E-state index is 12.4. The highest BCUT2D eigenvalue weighted by Crippen LogP contribution is 2.33. The number of nitrogens with one attached hydrogen (secondary N) is 1. The SMILES string of the molecule is COC1CCC(NC(=O)c2nc(-c3cnc4c(c3Cl)C=CC4)no2)CC1. The predicted molar refractivity (Wildman–Crippen MR) is 95.8 cm³/mol. The third-order valence-corrected chi connectivity index (χ3v) is 5.34. The lowest BCUT2D eigenvalue weighted by Gasteiger charge is -2.27. The fraction of sp³-hybridized carbons (Fsp3) is 0.444. The van der Waals surface area contributed by atoms with E-state index in [0.29, 0.717) is 10.6 Å². The number of carbonyl (C=O) groups is 1. The Kier molecular flexibility index (Phi) is 4.74. The lowest BCUT2D eigenvalue weighted by molar-refractivity contribution is 0.0591. The van der Waals surface area contributed by atoms with E-state index >= 15 is 0 Å². The lowest BCUT2D eigenvalue weighted by atomic mass is 9.93. The Labute approximate surface area is 155 Å². The Bertz CT molecular complexity index is 856. The number of pyridine rings is 1. The molecule has 4 rings (SSSR count). The number of rotatable bonds is 4. The van der Waals surface area contributed by atoms with Crippen LogP contribution in [0.5, 0.6) is 0 Å². The van der Waals surface area contributed by atoms with Crippen molar-refractivity contribution in [3.05, 3.63) is 34.4 Å². The predicted octanol–water partition coefficient (Wildman–Crippen LogP) is 3.04. The van der Waals surface area contributed by atoms with Crippen molar-refractivity contribution in [2.75, 3.05) is 7.11 Å². The molecule has 1 saturated carbocycles. The zero-order valence-electron chi connectivity index (χ0n) is 14.4. The minimum Gasteiger partial charge on any atom is -0.381 e. The molecule has 2 aliphatic carbocycles. The molecule has 2 aromatic rings. The fourth-order valence-corrected chi connectivity index (χ4v) is 3.74. The summed E-state index contributed by atoms with van der Waals surface area (Å²) >= 11 is 6.44. The van der Waals surface area contributed by atoms with Crippen molar-refractivity contribution >= 4 is 23.6 Å². The third-order valence-electron chi connectivity index (χ3n) is 4.93. The minimum absolute atomic E-state index is 0.0685. The summed E-state index contributed by atoms with van der Waals surface area (Å²) in [5.74, 6) is -0.172. The van der Waals surface area contributed by atoms with Crippen LogP contribution in [-0.2, 0) is 11.2 Å². The summed E-state index contributed by atoms with van der Waals surface area (Å²) in [7, 11) is 1.72. The summed E-state index contributed by atoms with van der Waals surface area (Å²) < 4.78 is 10.5. The van der Waals surface area contributed by atoms with Gasteiger partial charge in [0.25, 0.3) is 0 Å². The zero-order chi connectivity index (χ0) is 18.1. The van der Waals surface area contributed by atoms with Gasteiger partial charge in [0.05, 0.1) is 22.4 Å². The van der Waals surface area contributed by atoms with Crippen LogP contribution in [0.2, 0.25) is 5.02 Å². The molecule has 0 aromatic carbocycles. The summed E-state index contributed by atoms with van der Waals surface area (Å²) in [5.41, 5.74) is 2.35. The van der Waals surface area contributed by atoms with Crippen LogP contribution in [0.25, 0.3) is 17.5 Å². The van der Waals surface area contributed by atoms with Gasteiger partial charge in [-0.1, -0.05) is 28.9 Å². The van der Waals surface area contributed by atoms with Crippen LogP contribution in [-0.4, -0.2) is 40.3 Å². The fourth-order valence-electron chi connectivity index (χ4n) is 3.43. The number of fused-ring (bicyclic) bond motifs is 1. The van der Waals surface area contributed by atoms with Gasteiger partial charge in [0, 0.05) is 31.3 Å². The number of ether oxygens (including phenoxy) is 1. The van der Waals surface area contributed by atoms with E-state index in [9.17, 15) is 4.79 Å². The van der Waals surface area contributed by atoms with Crippen molar-refractivity contribution in [1.82, 2.24) is 20.4 Å². The zero-order valence-corrected chi connectivity index (χ0v) is 15.1. The van der Waals surface area contributed by atoms with E-state index in [1.165, 1.54) is 0 Å². The monoisotopic (exact) mass is 374 g/mol. The lowest BCUT2D eigenvalue weighted by Crippen LogP contribution is -2.39. The molecule has 0 aliphatic heterocycles. The van der Waals surface area contributed by atoms with Crippen LogP contribution >= 0.6 is 11.6 Å². The highest BCUT2D eigenvalue weighted by atomic mass is 35.5. The van der Waals surface area contributed by atoms with E-state index in [1.54, 1.807) is 13.3 Å². The summed E-state index contributed by atoms with van der Waals surface area (Å²) in [6.07, 6.45) is 10.2. The maximum Gasteiger partial charge on any atom is 0.316 e. The second-order valence-electron chi connectivity index (χ2n) is 6.56. The van der Waals surface area contributed by atoms with Crippen LogP contribution < -0.4 is 5.32 Å². The van der Waals surface area contributed by atoms with Gasteiger partial charge in [0.2, 0.25) is 5.82 Å². The van der Waals surface area contributed by atoms with Gasteiger partial charge >= 0.3 is 11.8 Å². The molecule has 0 spiro atoms. The van der Waals surface area contributed by atoms with Crippen molar-refractivity contribution in [2.45, 2.75) is 44.2 Å². The molecule has 0 unspecified atom stereocenters. The Morgan fingerprint density at radius 2 is 2.15 bits per heavy atom. The van der Waals surface area contributed by atoms with Gasteiger partial charge in [-0.3, -0.25) is 9.78 Å². The number of aromatic nitrogens is 3. The molecule has 0 saturated heterocycles. The van der Waals surface area contributed by atoms with Gasteiger partial charge in [-0.25, -0.2) is 0 Å². The molecule has 2 heterocycles. The molecular weight excluding hydrogens is 356 g/mol. The molecule has 136 valence electrons. The van der Waals surface area contributed by atoms with Crippen molar-refractivity contribution in [3.8, 4) is 11.4 Å². The van der Waals surface area contributed by atoms with Crippen LogP contribution in [0, 0.1) is 0 Å². The number of halogens is 1. The molecule has 2 aliphatic rings. The third kappa shape index (κ3) is 3.24. The molecule has 8 heteroatoms. The van der Waals surface area contributed by atoms with Gasteiger partial charge in [-0.05, 0) is 25.7 Å². The average Bonchev–Trinajstić information content (AvgIpc) is 3.32. The van der Waals surface area contributed by atoms with Gasteiger partial charge in [-0.15, -0.1) is 0 Å². The van der Waals surface area contributed by atoms with Crippen molar-refractivity contribution in [3.63, 3.8) is 0 Å². The molecule has 1 amide bonds. The number of methoxy groups -OCH3 is 1. The molecular formula is C18H19ClN4O3. The van der Waals surface area contributed by atoms with Crippen molar-refractivity contribution in [2.24, 2.45) is 0 Å². The quantitative estimate of drug-likeness (QED) is 0.884. The summed E-state index contributed by atoms with van der Waals surface area (Å²) in [6.45, 7) is 0. The largest absolute Gasteiger partial charge is 0.381 e. The second kappa shape index (κ2) is 7.17. The smallest absolute Gasteiger partial charge is 0.316 e. The highest BCUT2D eigenvalue weighted by molar-refractivity contribution is 6.34. The first-order chi connectivity index (χ1) is 12.7. The molecule has 7 nitrogen and oxygen atoms in total. The topological polar surface area (TPSA) is 90.1 Å². The van der Waals surface area contributed by atoms with Crippen LogP contribution in [0.3, 0.4) is 0 Å². The van der Waals surface area contributed by atoms with Gasteiger partial charge in [0.15, 0.2) is 0 Å². The van der Waals surface area contributed by atoms with Gasteiger partial charge < -0.3 is 14.6 Å². The second-order valence-corrected chi connectivity index (χ2v) is 6.94. The average molecular weight is 375 g/mol. The van der Waals surface area contributed by atoms with Crippen molar-refractivity contribution < 1.29 is 14.1 Å². The Hall–Kier alpha value is -2.25. The van der Waals surface area contributed by atoms with E-state index in [2.05, 4.69) is 20.4 Å². The Morgan fingerprint density at radius 1 is 1.35 bits per heavy atom. The Morgan fingerprint density at radius 3 is 2.92 bits per heavy atom. The molecule has 0 atom stereocenters. The molecule has 1 fully saturated rings. The first kappa shape index (κ1) is 17.2. The summed E-state index contributed by atoms with van der Waals surface area (Å²) in [5, 5.41) is 7.37. The van der Waals surface area contributed by atoms with Crippen LogP contribution in [0.4, 0.5) is 0 Å². The minimum atomic E-state index is -0.366.